The normalized spacial score (nSPS) is 12.3. The zero-order valence-corrected chi connectivity index (χ0v) is 11.8. The molecule has 0 aliphatic carbocycles. The number of hydrogen-bond acceptors (Lipinski definition) is 3. The van der Waals surface area contributed by atoms with Gasteiger partial charge in [-0.25, -0.2) is 0 Å². The monoisotopic (exact) mass is 288 g/mol. The molecule has 0 aliphatic heterocycles. The molecule has 0 heterocycles. The summed E-state index contributed by atoms with van der Waals surface area (Å²) < 4.78 is 10.9. The second-order valence-corrected chi connectivity index (χ2v) is 5.94. The fourth-order valence-corrected chi connectivity index (χ4v) is 2.27. The summed E-state index contributed by atoms with van der Waals surface area (Å²) in [5.74, 6) is 0.211. The Bertz CT molecular complexity index is 452. The fraction of sp³-hybridized carbons (Fsp3) is 0.417. The molecule has 0 saturated heterocycles. The van der Waals surface area contributed by atoms with E-state index >= 15 is 0 Å². The van der Waals surface area contributed by atoms with Gasteiger partial charge in [-0.1, -0.05) is 17.7 Å². The molecule has 3 N–H and O–H groups in total. The number of primary amides is 1. The largest absolute Gasteiger partial charge is 0.366 e. The maximum absolute atomic E-state index is 10.9. The molecular weight excluding hydrogens is 272 g/mol. The number of amides is 1. The highest BCUT2D eigenvalue weighted by Gasteiger charge is 2.05. The standard InChI is InChI=1S/C12H17ClN2O2S/c1-18(17)6-2-5-15-8-10-4-3-9(12(14)16)7-11(10)13/h3-4,7,15H,2,5-6,8H2,1H3,(H2,14,16). The minimum Gasteiger partial charge on any atom is -0.366 e. The van der Waals surface area contributed by atoms with Crippen LogP contribution in [0.15, 0.2) is 18.2 Å². The van der Waals surface area contributed by atoms with Crippen LogP contribution in [0.5, 0.6) is 0 Å². The predicted molar refractivity (Wildman–Crippen MR) is 75.2 cm³/mol. The summed E-state index contributed by atoms with van der Waals surface area (Å²) in [6.07, 6.45) is 2.56. The van der Waals surface area contributed by atoms with Crippen molar-refractivity contribution < 1.29 is 9.00 Å². The molecule has 4 nitrogen and oxygen atoms in total. The van der Waals surface area contributed by atoms with Crippen molar-refractivity contribution in [2.45, 2.75) is 13.0 Å². The molecule has 1 rings (SSSR count). The Labute approximate surface area is 114 Å². The van der Waals surface area contributed by atoms with Crippen LogP contribution >= 0.6 is 11.6 Å². The van der Waals surface area contributed by atoms with Crippen molar-refractivity contribution >= 4 is 28.3 Å². The lowest BCUT2D eigenvalue weighted by Crippen LogP contribution is -2.17. The van der Waals surface area contributed by atoms with Gasteiger partial charge in [0.2, 0.25) is 5.91 Å². The predicted octanol–water partition coefficient (Wildman–Crippen LogP) is 1.30. The van der Waals surface area contributed by atoms with Crippen molar-refractivity contribution in [1.29, 1.82) is 0 Å². The van der Waals surface area contributed by atoms with Gasteiger partial charge in [-0.2, -0.15) is 0 Å². The van der Waals surface area contributed by atoms with Crippen LogP contribution in [0.3, 0.4) is 0 Å². The first-order valence-corrected chi connectivity index (χ1v) is 7.70. The number of benzene rings is 1. The fourth-order valence-electron chi connectivity index (χ4n) is 1.47. The SMILES string of the molecule is CS(=O)CCCNCc1ccc(C(N)=O)cc1Cl. The van der Waals surface area contributed by atoms with Crippen LogP contribution in [0.2, 0.25) is 5.02 Å². The van der Waals surface area contributed by atoms with Crippen LogP contribution < -0.4 is 11.1 Å². The van der Waals surface area contributed by atoms with Crippen molar-refractivity contribution in [3.63, 3.8) is 0 Å². The molecule has 0 fully saturated rings. The van der Waals surface area contributed by atoms with E-state index in [1.165, 1.54) is 0 Å². The zero-order chi connectivity index (χ0) is 13.5. The summed E-state index contributed by atoms with van der Waals surface area (Å²) in [5.41, 5.74) is 6.48. The van der Waals surface area contributed by atoms with Gasteiger partial charge >= 0.3 is 0 Å². The Morgan fingerprint density at radius 1 is 1.50 bits per heavy atom. The van der Waals surface area contributed by atoms with Crippen LogP contribution in [0.25, 0.3) is 0 Å². The van der Waals surface area contributed by atoms with Gasteiger partial charge in [0, 0.05) is 39.9 Å². The highest BCUT2D eigenvalue weighted by molar-refractivity contribution is 7.84. The van der Waals surface area contributed by atoms with Gasteiger partial charge in [0.15, 0.2) is 0 Å². The van der Waals surface area contributed by atoms with E-state index in [0.717, 1.165) is 18.5 Å². The minimum absolute atomic E-state index is 0.408. The van der Waals surface area contributed by atoms with Crippen LogP contribution in [-0.4, -0.2) is 28.7 Å². The smallest absolute Gasteiger partial charge is 0.248 e. The Kier molecular flexibility index (Phi) is 6.32. The van der Waals surface area contributed by atoms with Crippen molar-refractivity contribution in [2.24, 2.45) is 5.73 Å². The molecule has 1 aromatic carbocycles. The third kappa shape index (κ3) is 5.16. The lowest BCUT2D eigenvalue weighted by molar-refractivity contribution is 0.100. The van der Waals surface area contributed by atoms with Crippen LogP contribution in [0.4, 0.5) is 0 Å². The van der Waals surface area contributed by atoms with Crippen molar-refractivity contribution in [1.82, 2.24) is 5.32 Å². The summed E-state index contributed by atoms with van der Waals surface area (Å²) in [4.78, 5) is 10.9. The molecule has 0 aromatic heterocycles. The minimum atomic E-state index is -0.744. The molecule has 0 aliphatic rings. The first-order valence-electron chi connectivity index (χ1n) is 5.59. The molecule has 0 saturated carbocycles. The van der Waals surface area contributed by atoms with Crippen LogP contribution in [0.1, 0.15) is 22.3 Å². The van der Waals surface area contributed by atoms with E-state index < -0.39 is 16.7 Å². The first-order chi connectivity index (χ1) is 8.50. The van der Waals surface area contributed by atoms with Gasteiger partial charge < -0.3 is 11.1 Å². The Hall–Kier alpha value is -0.910. The molecule has 18 heavy (non-hydrogen) atoms. The molecule has 0 bridgehead atoms. The lowest BCUT2D eigenvalue weighted by Gasteiger charge is -2.07. The summed E-state index contributed by atoms with van der Waals surface area (Å²) in [5, 5.41) is 3.74. The highest BCUT2D eigenvalue weighted by atomic mass is 35.5. The van der Waals surface area contributed by atoms with E-state index in [1.807, 2.05) is 0 Å². The number of carbonyl (C=O) groups is 1. The van der Waals surface area contributed by atoms with Gasteiger partial charge in [0.25, 0.3) is 0 Å². The summed E-state index contributed by atoms with van der Waals surface area (Å²) >= 11 is 6.04. The Morgan fingerprint density at radius 3 is 2.78 bits per heavy atom. The van der Waals surface area contributed by atoms with Crippen LogP contribution in [0, 0.1) is 0 Å². The van der Waals surface area contributed by atoms with E-state index in [0.29, 0.717) is 22.9 Å². The summed E-state index contributed by atoms with van der Waals surface area (Å²) in [6, 6.07) is 5.02. The van der Waals surface area contributed by atoms with Gasteiger partial charge in [-0.3, -0.25) is 9.00 Å². The Morgan fingerprint density at radius 2 is 2.22 bits per heavy atom. The van der Waals surface area contributed by atoms with Crippen LogP contribution in [-0.2, 0) is 17.3 Å². The molecule has 1 amide bonds. The summed E-state index contributed by atoms with van der Waals surface area (Å²) in [7, 11) is -0.744. The first kappa shape index (κ1) is 15.1. The molecule has 0 radical (unpaired) electrons. The van der Waals surface area contributed by atoms with Gasteiger partial charge in [0.1, 0.15) is 0 Å². The number of rotatable bonds is 7. The average molecular weight is 289 g/mol. The average Bonchev–Trinajstić information content (AvgIpc) is 2.29. The van der Waals surface area contributed by atoms with E-state index in [4.69, 9.17) is 17.3 Å². The van der Waals surface area contributed by atoms with Gasteiger partial charge in [-0.15, -0.1) is 0 Å². The van der Waals surface area contributed by atoms with Crippen molar-refractivity contribution in [3.05, 3.63) is 34.3 Å². The topological polar surface area (TPSA) is 72.2 Å². The summed E-state index contributed by atoms with van der Waals surface area (Å²) in [6.45, 7) is 1.40. The molecule has 1 unspecified atom stereocenters. The highest BCUT2D eigenvalue weighted by Crippen LogP contribution is 2.17. The van der Waals surface area contributed by atoms with Gasteiger partial charge in [0.05, 0.1) is 0 Å². The van der Waals surface area contributed by atoms with E-state index in [-0.39, 0.29) is 0 Å². The van der Waals surface area contributed by atoms with Gasteiger partial charge in [-0.05, 0) is 30.7 Å². The van der Waals surface area contributed by atoms with Crippen molar-refractivity contribution in [3.8, 4) is 0 Å². The number of nitrogens with one attached hydrogen (secondary N) is 1. The third-order valence-electron chi connectivity index (χ3n) is 2.44. The lowest BCUT2D eigenvalue weighted by atomic mass is 10.1. The van der Waals surface area contributed by atoms with Crippen molar-refractivity contribution in [2.75, 3.05) is 18.6 Å². The molecule has 1 aromatic rings. The number of hydrogen-bond donors (Lipinski definition) is 2. The second kappa shape index (κ2) is 7.51. The second-order valence-electron chi connectivity index (χ2n) is 3.98. The Balaban J connectivity index is 2.43. The quantitative estimate of drug-likeness (QED) is 0.743. The number of halogens is 1. The molecule has 0 spiro atoms. The molecule has 1 atom stereocenters. The van der Waals surface area contributed by atoms with E-state index in [9.17, 15) is 9.00 Å². The molecule has 6 heteroatoms. The molecule has 100 valence electrons. The number of nitrogens with two attached hydrogens (primary N) is 1. The van der Waals surface area contributed by atoms with E-state index in [1.54, 1.807) is 24.5 Å². The number of carbonyl (C=O) groups excluding carboxylic acids is 1. The maximum atomic E-state index is 10.9. The zero-order valence-electron chi connectivity index (χ0n) is 10.2. The maximum Gasteiger partial charge on any atom is 0.248 e. The third-order valence-corrected chi connectivity index (χ3v) is 3.65. The van der Waals surface area contributed by atoms with E-state index in [2.05, 4.69) is 5.32 Å². The molecular formula is C12H17ClN2O2S.